The van der Waals surface area contributed by atoms with Crippen molar-refractivity contribution in [3.8, 4) is 0 Å². The third-order valence-electron chi connectivity index (χ3n) is 3.18. The van der Waals surface area contributed by atoms with Gasteiger partial charge in [0, 0.05) is 12.1 Å². The molecule has 0 aromatic heterocycles. The average molecular weight is 367 g/mol. The smallest absolute Gasteiger partial charge is 0.292 e. The highest BCUT2D eigenvalue weighted by molar-refractivity contribution is 7.51. The van der Waals surface area contributed by atoms with Gasteiger partial charge in [-0.15, -0.1) is 0 Å². The van der Waals surface area contributed by atoms with Crippen LogP contribution in [0.3, 0.4) is 0 Å². The zero-order valence-electron chi connectivity index (χ0n) is 12.8. The molecule has 0 bridgehead atoms. The third kappa shape index (κ3) is 5.16. The fourth-order valence-corrected chi connectivity index (χ4v) is 2.69. The second kappa shape index (κ2) is 7.95. The van der Waals surface area contributed by atoms with Crippen molar-refractivity contribution in [1.82, 2.24) is 0 Å². The summed E-state index contributed by atoms with van der Waals surface area (Å²) < 4.78 is 22.0. The van der Waals surface area contributed by atoms with E-state index >= 15 is 0 Å². The maximum Gasteiger partial charge on any atom is 0.403 e. The average Bonchev–Trinajstić information content (AvgIpc) is 2.58. The van der Waals surface area contributed by atoms with E-state index in [-0.39, 0.29) is 22.5 Å². The predicted octanol–water partition coefficient (Wildman–Crippen LogP) is 3.30. The topological polar surface area (TPSA) is 148 Å². The van der Waals surface area contributed by atoms with Gasteiger partial charge in [-0.05, 0) is 12.1 Å². The molecular formula is C14H14N3O7P. The summed E-state index contributed by atoms with van der Waals surface area (Å²) in [6.45, 7) is -0.802. The van der Waals surface area contributed by atoms with Crippen LogP contribution in [-0.4, -0.2) is 9.85 Å². The molecule has 0 fully saturated rings. The maximum atomic E-state index is 12.1. The number of rotatable bonds is 8. The van der Waals surface area contributed by atoms with Crippen LogP contribution in [0.2, 0.25) is 0 Å². The summed E-state index contributed by atoms with van der Waals surface area (Å²) in [5, 5.41) is 21.8. The molecular weight excluding hydrogens is 353 g/mol. The Bertz CT molecular complexity index is 777. The number of nitro benzene ring substituents is 2. The summed E-state index contributed by atoms with van der Waals surface area (Å²) in [4.78, 5) is 20.6. The first-order valence-electron chi connectivity index (χ1n) is 6.92. The van der Waals surface area contributed by atoms with Gasteiger partial charge < -0.3 is 0 Å². The van der Waals surface area contributed by atoms with Crippen LogP contribution in [0.5, 0.6) is 0 Å². The van der Waals surface area contributed by atoms with Gasteiger partial charge >= 0.3 is 7.75 Å². The van der Waals surface area contributed by atoms with Gasteiger partial charge in [-0.1, -0.05) is 24.3 Å². The number of benzene rings is 2. The lowest BCUT2D eigenvalue weighted by Crippen LogP contribution is -2.06. The fourth-order valence-electron chi connectivity index (χ4n) is 1.98. The number of hydrogen-bond acceptors (Lipinski definition) is 7. The van der Waals surface area contributed by atoms with E-state index in [1.807, 2.05) is 0 Å². The first kappa shape index (κ1) is 18.7. The van der Waals surface area contributed by atoms with Crippen molar-refractivity contribution in [2.75, 3.05) is 0 Å². The Kier molecular flexibility index (Phi) is 5.94. The Morgan fingerprint density at radius 3 is 1.56 bits per heavy atom. The monoisotopic (exact) mass is 367 g/mol. The summed E-state index contributed by atoms with van der Waals surface area (Å²) in [6.07, 6.45) is 0. The standard InChI is InChI=1S/C14H14N3O7P/c15-25(22,23-9-11-5-1-3-7-13(11)16(18)19)24-10-12-6-2-4-8-14(12)17(20)21/h1-8H,9-10H2,(H2,15,22). The zero-order valence-corrected chi connectivity index (χ0v) is 13.7. The molecule has 0 saturated heterocycles. The highest BCUT2D eigenvalue weighted by Gasteiger charge is 2.23. The van der Waals surface area contributed by atoms with E-state index in [0.29, 0.717) is 0 Å². The second-order valence-corrected chi connectivity index (χ2v) is 6.45. The number of nitrogens with zero attached hydrogens (tertiary/aromatic N) is 2. The lowest BCUT2D eigenvalue weighted by Gasteiger charge is -2.13. The normalized spacial score (nSPS) is 11.2. The Labute approximate surface area is 142 Å². The van der Waals surface area contributed by atoms with Crippen LogP contribution in [0.25, 0.3) is 0 Å². The summed E-state index contributed by atoms with van der Waals surface area (Å²) in [5.74, 6) is 0. The van der Waals surface area contributed by atoms with Gasteiger partial charge in [-0.2, -0.15) is 0 Å². The van der Waals surface area contributed by atoms with Crippen LogP contribution in [0.1, 0.15) is 11.1 Å². The van der Waals surface area contributed by atoms with Gasteiger partial charge in [0.05, 0.1) is 34.2 Å². The molecule has 0 radical (unpaired) electrons. The van der Waals surface area contributed by atoms with Gasteiger partial charge in [-0.3, -0.25) is 29.3 Å². The highest BCUT2D eigenvalue weighted by Crippen LogP contribution is 2.42. The van der Waals surface area contributed by atoms with E-state index in [1.54, 1.807) is 12.1 Å². The Morgan fingerprint density at radius 2 is 1.20 bits per heavy atom. The van der Waals surface area contributed by atoms with Crippen molar-refractivity contribution in [1.29, 1.82) is 0 Å². The molecule has 25 heavy (non-hydrogen) atoms. The summed E-state index contributed by atoms with van der Waals surface area (Å²) in [6, 6.07) is 11.5. The lowest BCUT2D eigenvalue weighted by atomic mass is 10.2. The minimum absolute atomic E-state index is 0.174. The van der Waals surface area contributed by atoms with Gasteiger partial charge in [0.2, 0.25) is 0 Å². The van der Waals surface area contributed by atoms with Crippen molar-refractivity contribution in [2.45, 2.75) is 13.2 Å². The molecule has 0 aliphatic rings. The molecule has 2 aromatic rings. The minimum atomic E-state index is -4.07. The number of hydrogen-bond donors (Lipinski definition) is 1. The molecule has 0 atom stereocenters. The van der Waals surface area contributed by atoms with Crippen molar-refractivity contribution >= 4 is 19.1 Å². The Balaban J connectivity index is 2.03. The largest absolute Gasteiger partial charge is 0.403 e. The summed E-state index contributed by atoms with van der Waals surface area (Å²) in [7, 11) is -4.07. The fraction of sp³-hybridized carbons (Fsp3) is 0.143. The molecule has 11 heteroatoms. The zero-order chi connectivity index (χ0) is 18.4. The first-order chi connectivity index (χ1) is 11.8. The predicted molar refractivity (Wildman–Crippen MR) is 87.6 cm³/mol. The van der Waals surface area contributed by atoms with E-state index in [2.05, 4.69) is 0 Å². The van der Waals surface area contributed by atoms with Crippen molar-refractivity contribution in [2.24, 2.45) is 5.50 Å². The molecule has 2 aromatic carbocycles. The molecule has 10 nitrogen and oxygen atoms in total. The molecule has 0 saturated carbocycles. The summed E-state index contributed by atoms with van der Waals surface area (Å²) in [5.41, 5.74) is 5.37. The van der Waals surface area contributed by atoms with E-state index in [1.165, 1.54) is 36.4 Å². The van der Waals surface area contributed by atoms with Crippen LogP contribution >= 0.6 is 7.75 Å². The van der Waals surface area contributed by atoms with Crippen molar-refractivity contribution in [3.63, 3.8) is 0 Å². The van der Waals surface area contributed by atoms with Gasteiger partial charge in [-0.25, -0.2) is 10.1 Å². The minimum Gasteiger partial charge on any atom is -0.292 e. The molecule has 2 N–H and O–H groups in total. The summed E-state index contributed by atoms with van der Waals surface area (Å²) >= 11 is 0. The van der Waals surface area contributed by atoms with Crippen molar-refractivity contribution < 1.29 is 23.5 Å². The van der Waals surface area contributed by atoms with Gasteiger partial charge in [0.25, 0.3) is 11.4 Å². The second-order valence-electron chi connectivity index (χ2n) is 4.86. The maximum absolute atomic E-state index is 12.1. The van der Waals surface area contributed by atoms with Crippen molar-refractivity contribution in [3.05, 3.63) is 79.9 Å². The van der Waals surface area contributed by atoms with Crippen LogP contribution in [0.4, 0.5) is 11.4 Å². The molecule has 0 aliphatic heterocycles. The van der Waals surface area contributed by atoms with E-state index in [0.717, 1.165) is 0 Å². The van der Waals surface area contributed by atoms with Gasteiger partial charge in [0.1, 0.15) is 0 Å². The van der Waals surface area contributed by atoms with E-state index in [4.69, 9.17) is 14.6 Å². The van der Waals surface area contributed by atoms with E-state index in [9.17, 15) is 24.8 Å². The van der Waals surface area contributed by atoms with Crippen LogP contribution in [0.15, 0.2) is 48.5 Å². The van der Waals surface area contributed by atoms with Gasteiger partial charge in [0.15, 0.2) is 0 Å². The number of nitro groups is 2. The first-order valence-corrected chi connectivity index (χ1v) is 8.53. The highest BCUT2D eigenvalue weighted by atomic mass is 31.2. The van der Waals surface area contributed by atoms with E-state index < -0.39 is 30.8 Å². The Morgan fingerprint density at radius 1 is 0.840 bits per heavy atom. The van der Waals surface area contributed by atoms with Crippen LogP contribution < -0.4 is 5.50 Å². The molecule has 0 spiro atoms. The Hall–Kier alpha value is -2.65. The molecule has 2 rings (SSSR count). The molecule has 132 valence electrons. The molecule has 0 aliphatic carbocycles. The molecule has 0 heterocycles. The lowest BCUT2D eigenvalue weighted by molar-refractivity contribution is -0.385. The molecule has 0 amide bonds. The SMILES string of the molecule is NP(=O)(OCc1ccccc1[N+](=O)[O-])OCc1ccccc1[N+](=O)[O-]. The third-order valence-corrected chi connectivity index (χ3v) is 4.15. The van der Waals surface area contributed by atoms with Crippen LogP contribution in [0, 0.1) is 20.2 Å². The molecule has 0 unspecified atom stereocenters. The number of para-hydroxylation sites is 2. The number of nitrogens with two attached hydrogens (primary N) is 1. The quantitative estimate of drug-likeness (QED) is 0.424. The van der Waals surface area contributed by atoms with Crippen LogP contribution in [-0.2, 0) is 26.8 Å².